The fourth-order valence-electron chi connectivity index (χ4n) is 5.19. The van der Waals surface area contributed by atoms with Gasteiger partial charge >= 0.3 is 0 Å². The van der Waals surface area contributed by atoms with Gasteiger partial charge in [0, 0.05) is 12.0 Å². The fourth-order valence-corrected chi connectivity index (χ4v) is 5.19. The van der Waals surface area contributed by atoms with Crippen molar-refractivity contribution in [2.24, 2.45) is 23.5 Å². The predicted molar refractivity (Wildman–Crippen MR) is 99.2 cm³/mol. The van der Waals surface area contributed by atoms with Crippen LogP contribution in [0.2, 0.25) is 0 Å². The van der Waals surface area contributed by atoms with Gasteiger partial charge in [-0.25, -0.2) is 0 Å². The number of rotatable bonds is 2. The molecule has 0 saturated heterocycles. The van der Waals surface area contributed by atoms with Gasteiger partial charge in [0.25, 0.3) is 0 Å². The van der Waals surface area contributed by atoms with Crippen LogP contribution < -0.4 is 11.1 Å². The van der Waals surface area contributed by atoms with E-state index in [1.165, 1.54) is 36.0 Å². The van der Waals surface area contributed by atoms with Crippen LogP contribution in [0.1, 0.15) is 61.3 Å². The van der Waals surface area contributed by atoms with Crippen molar-refractivity contribution in [1.82, 2.24) is 5.32 Å². The van der Waals surface area contributed by atoms with Gasteiger partial charge in [0.05, 0.1) is 6.04 Å². The van der Waals surface area contributed by atoms with Crippen LogP contribution in [0.4, 0.5) is 0 Å². The van der Waals surface area contributed by atoms with E-state index < -0.39 is 0 Å². The second-order valence-corrected chi connectivity index (χ2v) is 8.00. The summed E-state index contributed by atoms with van der Waals surface area (Å²) in [7, 11) is 0. The molecule has 3 aliphatic carbocycles. The zero-order valence-electron chi connectivity index (χ0n) is 14.5. The van der Waals surface area contributed by atoms with Crippen LogP contribution in [-0.2, 0) is 11.2 Å². The highest BCUT2D eigenvalue weighted by Crippen LogP contribution is 2.42. The van der Waals surface area contributed by atoms with Crippen molar-refractivity contribution >= 4 is 18.3 Å². The maximum Gasteiger partial charge on any atom is 0.223 e. The molecule has 132 valence electrons. The lowest BCUT2D eigenvalue weighted by Crippen LogP contribution is -2.49. The van der Waals surface area contributed by atoms with Gasteiger partial charge in [-0.05, 0) is 68.4 Å². The minimum Gasteiger partial charge on any atom is -0.349 e. The van der Waals surface area contributed by atoms with E-state index in [1.54, 1.807) is 0 Å². The van der Waals surface area contributed by atoms with Crippen molar-refractivity contribution in [2.75, 3.05) is 0 Å². The van der Waals surface area contributed by atoms with Gasteiger partial charge in [-0.2, -0.15) is 0 Å². The number of carbonyl (C=O) groups excluding carboxylic acids is 1. The lowest BCUT2D eigenvalue weighted by atomic mass is 9.65. The van der Waals surface area contributed by atoms with Crippen LogP contribution in [0.5, 0.6) is 0 Å². The molecular formula is C20H29ClN2O. The zero-order chi connectivity index (χ0) is 16.0. The van der Waals surface area contributed by atoms with Crippen LogP contribution in [0, 0.1) is 24.7 Å². The molecule has 2 fully saturated rings. The van der Waals surface area contributed by atoms with Crippen molar-refractivity contribution in [3.63, 3.8) is 0 Å². The van der Waals surface area contributed by atoms with E-state index in [0.29, 0.717) is 17.9 Å². The monoisotopic (exact) mass is 348 g/mol. The summed E-state index contributed by atoms with van der Waals surface area (Å²) in [4.78, 5) is 12.8. The molecule has 0 heterocycles. The summed E-state index contributed by atoms with van der Waals surface area (Å²) in [6, 6.07) is 7.18. The Morgan fingerprint density at radius 3 is 2.58 bits per heavy atom. The van der Waals surface area contributed by atoms with E-state index in [4.69, 9.17) is 5.73 Å². The molecule has 0 aliphatic heterocycles. The second-order valence-electron chi connectivity index (χ2n) is 8.00. The van der Waals surface area contributed by atoms with Crippen LogP contribution in [0.3, 0.4) is 0 Å². The molecule has 2 saturated carbocycles. The number of amides is 1. The average Bonchev–Trinajstić information content (AvgIpc) is 2.89. The number of benzene rings is 1. The van der Waals surface area contributed by atoms with Crippen molar-refractivity contribution in [1.29, 1.82) is 0 Å². The first kappa shape index (κ1) is 17.8. The molecule has 3 N–H and O–H groups in total. The normalized spacial score (nSPS) is 34.2. The molecule has 0 radical (unpaired) electrons. The summed E-state index contributed by atoms with van der Waals surface area (Å²) in [5.41, 5.74) is 10.4. The van der Waals surface area contributed by atoms with E-state index in [1.807, 2.05) is 0 Å². The molecule has 4 heteroatoms. The van der Waals surface area contributed by atoms with Crippen LogP contribution in [0.25, 0.3) is 0 Å². The van der Waals surface area contributed by atoms with Crippen molar-refractivity contribution in [2.45, 2.75) is 64.0 Å². The number of carbonyl (C=O) groups is 1. The van der Waals surface area contributed by atoms with Gasteiger partial charge in [0.15, 0.2) is 0 Å². The first-order valence-corrected chi connectivity index (χ1v) is 9.27. The van der Waals surface area contributed by atoms with Gasteiger partial charge in [-0.3, -0.25) is 4.79 Å². The van der Waals surface area contributed by atoms with Crippen molar-refractivity contribution < 1.29 is 4.79 Å². The van der Waals surface area contributed by atoms with Gasteiger partial charge in [-0.15, -0.1) is 12.4 Å². The quantitative estimate of drug-likeness (QED) is 0.856. The first-order valence-electron chi connectivity index (χ1n) is 9.27. The molecule has 3 aliphatic rings. The number of aryl methyl sites for hydroxylation is 2. The minimum absolute atomic E-state index is 0. The third-order valence-corrected chi connectivity index (χ3v) is 6.48. The summed E-state index contributed by atoms with van der Waals surface area (Å²) in [6.07, 6.45) is 7.85. The summed E-state index contributed by atoms with van der Waals surface area (Å²) in [5, 5.41) is 3.35. The number of nitrogens with one attached hydrogen (secondary N) is 1. The van der Waals surface area contributed by atoms with Crippen LogP contribution in [0.15, 0.2) is 18.2 Å². The summed E-state index contributed by atoms with van der Waals surface area (Å²) >= 11 is 0. The maximum atomic E-state index is 12.8. The zero-order valence-corrected chi connectivity index (χ0v) is 15.3. The van der Waals surface area contributed by atoms with E-state index in [9.17, 15) is 4.79 Å². The molecule has 1 amide bonds. The molecule has 0 aromatic heterocycles. The Balaban J connectivity index is 0.00000169. The summed E-state index contributed by atoms with van der Waals surface area (Å²) < 4.78 is 0. The largest absolute Gasteiger partial charge is 0.349 e. The topological polar surface area (TPSA) is 55.1 Å². The lowest BCUT2D eigenvalue weighted by molar-refractivity contribution is -0.128. The number of hydrogen-bond donors (Lipinski definition) is 2. The Kier molecular flexibility index (Phi) is 5.22. The number of halogens is 1. The molecule has 24 heavy (non-hydrogen) atoms. The number of nitrogens with two attached hydrogens (primary N) is 1. The summed E-state index contributed by atoms with van der Waals surface area (Å²) in [6.45, 7) is 2.14. The third-order valence-electron chi connectivity index (χ3n) is 6.48. The van der Waals surface area contributed by atoms with E-state index >= 15 is 0 Å². The molecule has 3 unspecified atom stereocenters. The Hall–Kier alpha value is -1.06. The number of hydrogen-bond acceptors (Lipinski definition) is 2. The molecule has 1 aromatic carbocycles. The fraction of sp³-hybridized carbons (Fsp3) is 0.650. The minimum atomic E-state index is 0. The highest BCUT2D eigenvalue weighted by atomic mass is 35.5. The second kappa shape index (κ2) is 7.05. The third kappa shape index (κ3) is 3.21. The van der Waals surface area contributed by atoms with Gasteiger partial charge < -0.3 is 11.1 Å². The summed E-state index contributed by atoms with van der Waals surface area (Å²) in [5.74, 6) is 1.58. The highest BCUT2D eigenvalue weighted by molar-refractivity contribution is 5.85. The van der Waals surface area contributed by atoms with Gasteiger partial charge in [0.1, 0.15) is 0 Å². The Bertz CT molecular complexity index is 604. The molecule has 1 aromatic rings. The first-order chi connectivity index (χ1) is 11.1. The van der Waals surface area contributed by atoms with Crippen LogP contribution >= 0.6 is 12.4 Å². The van der Waals surface area contributed by atoms with E-state index in [2.05, 4.69) is 30.4 Å². The molecule has 3 atom stereocenters. The molecule has 2 bridgehead atoms. The Morgan fingerprint density at radius 1 is 1.17 bits per heavy atom. The number of fused-ring (bicyclic) bond motifs is 3. The highest BCUT2D eigenvalue weighted by Gasteiger charge is 2.41. The Morgan fingerprint density at radius 2 is 1.88 bits per heavy atom. The van der Waals surface area contributed by atoms with Crippen molar-refractivity contribution in [3.05, 3.63) is 34.9 Å². The molecule has 3 nitrogen and oxygen atoms in total. The van der Waals surface area contributed by atoms with E-state index in [-0.39, 0.29) is 30.3 Å². The lowest BCUT2D eigenvalue weighted by Gasteiger charge is -2.43. The molecular weight excluding hydrogens is 320 g/mol. The van der Waals surface area contributed by atoms with Crippen molar-refractivity contribution in [3.8, 4) is 0 Å². The van der Waals surface area contributed by atoms with Gasteiger partial charge in [0.2, 0.25) is 5.91 Å². The predicted octanol–water partition coefficient (Wildman–Crippen LogP) is 3.67. The maximum absolute atomic E-state index is 12.8. The Labute approximate surface area is 151 Å². The average molecular weight is 349 g/mol. The SMILES string of the molecule is Cc1ccc2c(c1)CCC2NC(=O)C1CC2CCCC(C1)C2N.Cl. The smallest absolute Gasteiger partial charge is 0.223 e. The molecule has 4 rings (SSSR count). The standard InChI is InChI=1S/C20H28N2O.ClH/c1-12-5-7-17-13(9-12)6-8-18(17)22-20(23)16-10-14-3-2-4-15(11-16)19(14)21;/h5,7,9,14-16,18-19H,2-4,6,8,10-11,21H2,1H3,(H,22,23);1H. The van der Waals surface area contributed by atoms with E-state index in [0.717, 1.165) is 25.7 Å². The van der Waals surface area contributed by atoms with Gasteiger partial charge in [-0.1, -0.05) is 30.2 Å². The van der Waals surface area contributed by atoms with Crippen LogP contribution in [-0.4, -0.2) is 11.9 Å². The molecule has 0 spiro atoms.